The van der Waals surface area contributed by atoms with Gasteiger partial charge in [0, 0.05) is 6.42 Å². The molecule has 0 N–H and O–H groups in total. The average molecular weight is 219 g/mol. The maximum absolute atomic E-state index is 10.5. The molecule has 1 aromatic rings. The van der Waals surface area contributed by atoms with Crippen molar-refractivity contribution in [2.75, 3.05) is 7.05 Å². The van der Waals surface area contributed by atoms with Crippen LogP contribution in [0.15, 0.2) is 40.7 Å². The second kappa shape index (κ2) is 6.71. The quantitative estimate of drug-likeness (QED) is 0.419. The van der Waals surface area contributed by atoms with Crippen molar-refractivity contribution >= 4 is 6.29 Å². The zero-order chi connectivity index (χ0) is 11.8. The second-order valence-electron chi connectivity index (χ2n) is 3.62. The van der Waals surface area contributed by atoms with Crippen LogP contribution in [0.3, 0.4) is 0 Å². The summed E-state index contributed by atoms with van der Waals surface area (Å²) >= 11 is 0. The summed E-state index contributed by atoms with van der Waals surface area (Å²) in [7, 11) is 1.63. The first-order valence-corrected chi connectivity index (χ1v) is 5.32. The summed E-state index contributed by atoms with van der Waals surface area (Å²) in [6.45, 7) is 2.64. The first-order chi connectivity index (χ1) is 7.77. The molecule has 0 aliphatic rings. The Hall–Kier alpha value is -1.71. The van der Waals surface area contributed by atoms with Crippen molar-refractivity contribution in [1.82, 2.24) is 5.01 Å². The van der Waals surface area contributed by atoms with Crippen molar-refractivity contribution in [3.63, 3.8) is 0 Å². The fraction of sp³-hybridized carbons (Fsp3) is 0.417. The molecule has 0 bridgehead atoms. The van der Waals surface area contributed by atoms with Gasteiger partial charge in [0.15, 0.2) is 0 Å². The predicted octanol–water partition coefficient (Wildman–Crippen LogP) is 2.46. The summed E-state index contributed by atoms with van der Waals surface area (Å²) in [5, 5.41) is 9.63. The SMILES string of the molecule is C/N=N\N(Cc1ccccc1)C(C)CC=O. The van der Waals surface area contributed by atoms with E-state index >= 15 is 0 Å². The summed E-state index contributed by atoms with van der Waals surface area (Å²) in [4.78, 5) is 10.5. The third-order valence-electron chi connectivity index (χ3n) is 2.34. The number of carbonyl (C=O) groups excluding carboxylic acids is 1. The molecular formula is C12H17N3O. The van der Waals surface area contributed by atoms with Crippen molar-refractivity contribution in [2.45, 2.75) is 25.9 Å². The lowest BCUT2D eigenvalue weighted by atomic mass is 10.2. The lowest BCUT2D eigenvalue weighted by Gasteiger charge is -2.23. The maximum atomic E-state index is 10.5. The van der Waals surface area contributed by atoms with Gasteiger partial charge >= 0.3 is 0 Å². The van der Waals surface area contributed by atoms with Crippen LogP contribution in [0.5, 0.6) is 0 Å². The Balaban J connectivity index is 2.68. The minimum absolute atomic E-state index is 0.0707. The van der Waals surface area contributed by atoms with E-state index in [2.05, 4.69) is 10.3 Å². The highest BCUT2D eigenvalue weighted by atomic mass is 16.1. The summed E-state index contributed by atoms with van der Waals surface area (Å²) in [5.41, 5.74) is 1.16. The van der Waals surface area contributed by atoms with Crippen LogP contribution in [0.2, 0.25) is 0 Å². The molecular weight excluding hydrogens is 202 g/mol. The highest BCUT2D eigenvalue weighted by Crippen LogP contribution is 2.10. The Labute approximate surface area is 96.0 Å². The minimum Gasteiger partial charge on any atom is -0.303 e. The molecule has 0 saturated carbocycles. The molecule has 0 aliphatic carbocycles. The predicted molar refractivity (Wildman–Crippen MR) is 62.9 cm³/mol. The molecule has 0 radical (unpaired) electrons. The Bertz CT molecular complexity index is 337. The molecule has 0 fully saturated rings. The van der Waals surface area contributed by atoms with Gasteiger partial charge in [0.25, 0.3) is 0 Å². The number of hydrogen-bond donors (Lipinski definition) is 0. The summed E-state index contributed by atoms with van der Waals surface area (Å²) in [6, 6.07) is 10.1. The Kier molecular flexibility index (Phi) is 5.19. The number of carbonyl (C=O) groups is 1. The van der Waals surface area contributed by atoms with Crippen LogP contribution in [0.4, 0.5) is 0 Å². The number of hydrogen-bond acceptors (Lipinski definition) is 3. The maximum Gasteiger partial charge on any atom is 0.122 e. The van der Waals surface area contributed by atoms with Crippen LogP contribution in [-0.4, -0.2) is 24.4 Å². The van der Waals surface area contributed by atoms with Crippen molar-refractivity contribution in [2.24, 2.45) is 10.3 Å². The molecule has 1 unspecified atom stereocenters. The van der Waals surface area contributed by atoms with Gasteiger partial charge in [0.05, 0.1) is 19.6 Å². The first kappa shape index (κ1) is 12.4. The van der Waals surface area contributed by atoms with Gasteiger partial charge in [0.1, 0.15) is 6.29 Å². The first-order valence-electron chi connectivity index (χ1n) is 5.32. The average Bonchev–Trinajstić information content (AvgIpc) is 2.30. The number of aldehydes is 1. The molecule has 16 heavy (non-hydrogen) atoms. The van der Waals surface area contributed by atoms with Gasteiger partial charge in [0.2, 0.25) is 0 Å². The lowest BCUT2D eigenvalue weighted by Crippen LogP contribution is -2.27. The Morgan fingerprint density at radius 3 is 2.62 bits per heavy atom. The molecule has 0 amide bonds. The van der Waals surface area contributed by atoms with Gasteiger partial charge in [-0.05, 0) is 12.5 Å². The van der Waals surface area contributed by atoms with Crippen molar-refractivity contribution in [3.05, 3.63) is 35.9 Å². The molecule has 0 spiro atoms. The highest BCUT2D eigenvalue weighted by Gasteiger charge is 2.11. The molecule has 86 valence electrons. The number of rotatable bonds is 6. The summed E-state index contributed by atoms with van der Waals surface area (Å²) in [6.07, 6.45) is 1.37. The van der Waals surface area contributed by atoms with Gasteiger partial charge in [-0.2, -0.15) is 5.11 Å². The van der Waals surface area contributed by atoms with E-state index in [-0.39, 0.29) is 6.04 Å². The molecule has 1 aromatic carbocycles. The minimum atomic E-state index is 0.0707. The van der Waals surface area contributed by atoms with E-state index < -0.39 is 0 Å². The van der Waals surface area contributed by atoms with Crippen LogP contribution in [0.1, 0.15) is 18.9 Å². The van der Waals surface area contributed by atoms with E-state index in [1.165, 1.54) is 0 Å². The standard InChI is InChI=1S/C12H17N3O/c1-11(8-9-16)15(14-13-2)10-12-6-4-3-5-7-12/h3-7,9,11H,8,10H2,1-2H3/b14-13-. The largest absolute Gasteiger partial charge is 0.303 e. The topological polar surface area (TPSA) is 45.0 Å². The van der Waals surface area contributed by atoms with Crippen LogP contribution in [-0.2, 0) is 11.3 Å². The van der Waals surface area contributed by atoms with E-state index in [0.29, 0.717) is 13.0 Å². The summed E-state index contributed by atoms with van der Waals surface area (Å²) in [5.74, 6) is 0. The molecule has 0 aliphatic heterocycles. The van der Waals surface area contributed by atoms with Gasteiger partial charge in [-0.15, -0.1) is 0 Å². The van der Waals surface area contributed by atoms with Crippen molar-refractivity contribution in [1.29, 1.82) is 0 Å². The number of nitrogens with zero attached hydrogens (tertiary/aromatic N) is 3. The molecule has 0 aromatic heterocycles. The van der Waals surface area contributed by atoms with Gasteiger partial charge in [-0.25, -0.2) is 0 Å². The normalized spacial score (nSPS) is 12.6. The van der Waals surface area contributed by atoms with E-state index in [9.17, 15) is 4.79 Å². The van der Waals surface area contributed by atoms with Gasteiger partial charge < -0.3 is 4.79 Å². The highest BCUT2D eigenvalue weighted by molar-refractivity contribution is 5.50. The fourth-order valence-corrected chi connectivity index (χ4v) is 1.42. The number of benzene rings is 1. The molecule has 4 nitrogen and oxygen atoms in total. The van der Waals surface area contributed by atoms with Gasteiger partial charge in [-0.1, -0.05) is 35.6 Å². The Morgan fingerprint density at radius 1 is 1.38 bits per heavy atom. The van der Waals surface area contributed by atoms with Crippen LogP contribution >= 0.6 is 0 Å². The third-order valence-corrected chi connectivity index (χ3v) is 2.34. The van der Waals surface area contributed by atoms with Crippen molar-refractivity contribution < 1.29 is 4.79 Å². The zero-order valence-electron chi connectivity index (χ0n) is 9.71. The molecule has 1 rings (SSSR count). The van der Waals surface area contributed by atoms with E-state index in [1.54, 1.807) is 7.05 Å². The Morgan fingerprint density at radius 2 is 2.06 bits per heavy atom. The smallest absolute Gasteiger partial charge is 0.122 e. The van der Waals surface area contributed by atoms with E-state index in [0.717, 1.165) is 11.8 Å². The monoisotopic (exact) mass is 219 g/mol. The molecule has 1 atom stereocenters. The molecule has 4 heteroatoms. The fourth-order valence-electron chi connectivity index (χ4n) is 1.42. The van der Waals surface area contributed by atoms with Gasteiger partial charge in [-0.3, -0.25) is 5.01 Å². The zero-order valence-corrected chi connectivity index (χ0v) is 9.71. The van der Waals surface area contributed by atoms with Crippen LogP contribution < -0.4 is 0 Å². The van der Waals surface area contributed by atoms with Crippen LogP contribution in [0.25, 0.3) is 0 Å². The summed E-state index contributed by atoms with van der Waals surface area (Å²) < 4.78 is 0. The van der Waals surface area contributed by atoms with Crippen LogP contribution in [0, 0.1) is 0 Å². The lowest BCUT2D eigenvalue weighted by molar-refractivity contribution is -0.108. The second-order valence-corrected chi connectivity index (χ2v) is 3.62. The van der Waals surface area contributed by atoms with E-state index in [4.69, 9.17) is 0 Å². The van der Waals surface area contributed by atoms with Crippen molar-refractivity contribution in [3.8, 4) is 0 Å². The third kappa shape index (κ3) is 3.81. The molecule has 0 heterocycles. The van der Waals surface area contributed by atoms with E-state index in [1.807, 2.05) is 42.3 Å². The molecule has 0 saturated heterocycles.